The molecule has 0 spiro atoms. The van der Waals surface area contributed by atoms with E-state index in [2.05, 4.69) is 15.6 Å². The molecule has 0 atom stereocenters. The first kappa shape index (κ1) is 23.4. The standard InChI is InChI=1S/C27H25N5O3/c1-20(33)30-23-8-5-11-25(17-23)35-16-15-29-26(34)13-12-22-19-32(24-9-3-2-4-10-24)31-27(22)21-7-6-14-28-18-21/h2-14,17-19H,15-16H2,1H3,(H,29,34)(H,30,33)/b13-12+. The molecule has 0 aliphatic heterocycles. The Bertz CT molecular complexity index is 1320. The molecule has 0 saturated carbocycles. The highest BCUT2D eigenvalue weighted by atomic mass is 16.5. The van der Waals surface area contributed by atoms with E-state index in [0.29, 0.717) is 18.0 Å². The number of para-hydroxylation sites is 1. The molecule has 176 valence electrons. The Labute approximate surface area is 203 Å². The molecule has 8 nitrogen and oxygen atoms in total. The SMILES string of the molecule is CC(=O)Nc1cccc(OCCNC(=O)/C=C/c2cn(-c3ccccc3)nc2-c2cccnc2)c1. The zero-order valence-corrected chi connectivity index (χ0v) is 19.2. The molecule has 0 aliphatic carbocycles. The quantitative estimate of drug-likeness (QED) is 0.285. The Morgan fingerprint density at radius 3 is 2.69 bits per heavy atom. The minimum absolute atomic E-state index is 0.151. The molecular weight excluding hydrogens is 442 g/mol. The maximum Gasteiger partial charge on any atom is 0.244 e. The number of carbonyl (C=O) groups excluding carboxylic acids is 2. The summed E-state index contributed by atoms with van der Waals surface area (Å²) >= 11 is 0. The van der Waals surface area contributed by atoms with Gasteiger partial charge in [-0.15, -0.1) is 0 Å². The van der Waals surface area contributed by atoms with Crippen LogP contribution < -0.4 is 15.4 Å². The molecule has 2 aromatic heterocycles. The number of amides is 2. The van der Waals surface area contributed by atoms with E-state index in [4.69, 9.17) is 9.84 Å². The molecular formula is C27H25N5O3. The largest absolute Gasteiger partial charge is 0.492 e. The molecule has 2 amide bonds. The molecule has 0 unspecified atom stereocenters. The highest BCUT2D eigenvalue weighted by Crippen LogP contribution is 2.24. The summed E-state index contributed by atoms with van der Waals surface area (Å²) in [6.45, 7) is 2.06. The molecule has 0 fully saturated rings. The number of anilines is 1. The molecule has 0 aliphatic rings. The lowest BCUT2D eigenvalue weighted by molar-refractivity contribution is -0.116. The van der Waals surface area contributed by atoms with Crippen molar-refractivity contribution in [1.29, 1.82) is 0 Å². The van der Waals surface area contributed by atoms with Gasteiger partial charge in [0.2, 0.25) is 11.8 Å². The van der Waals surface area contributed by atoms with Crippen LogP contribution >= 0.6 is 0 Å². The number of aromatic nitrogens is 3. The number of hydrogen-bond donors (Lipinski definition) is 2. The second-order valence-electron chi connectivity index (χ2n) is 7.64. The lowest BCUT2D eigenvalue weighted by Crippen LogP contribution is -2.26. The number of carbonyl (C=O) groups is 2. The van der Waals surface area contributed by atoms with Crippen molar-refractivity contribution in [3.05, 3.63) is 97.0 Å². The topological polar surface area (TPSA) is 98.1 Å². The van der Waals surface area contributed by atoms with Crippen LogP contribution in [0.1, 0.15) is 12.5 Å². The van der Waals surface area contributed by atoms with Crippen LogP contribution in [0.3, 0.4) is 0 Å². The van der Waals surface area contributed by atoms with Crippen molar-refractivity contribution >= 4 is 23.6 Å². The number of nitrogens with zero attached hydrogens (tertiary/aromatic N) is 3. The summed E-state index contributed by atoms with van der Waals surface area (Å²) in [7, 11) is 0. The first-order chi connectivity index (χ1) is 17.1. The number of hydrogen-bond acceptors (Lipinski definition) is 5. The van der Waals surface area contributed by atoms with Gasteiger partial charge < -0.3 is 15.4 Å². The number of nitrogens with one attached hydrogen (secondary N) is 2. The average Bonchev–Trinajstić information content (AvgIpc) is 3.31. The van der Waals surface area contributed by atoms with Gasteiger partial charge in [0.05, 0.1) is 12.2 Å². The highest BCUT2D eigenvalue weighted by Gasteiger charge is 2.11. The van der Waals surface area contributed by atoms with Gasteiger partial charge in [0.15, 0.2) is 0 Å². The van der Waals surface area contributed by atoms with Crippen LogP contribution in [0.2, 0.25) is 0 Å². The summed E-state index contributed by atoms with van der Waals surface area (Å²) in [6, 6.07) is 20.6. The molecule has 8 heteroatoms. The van der Waals surface area contributed by atoms with Crippen molar-refractivity contribution in [1.82, 2.24) is 20.1 Å². The molecule has 0 saturated heterocycles. The van der Waals surface area contributed by atoms with E-state index in [1.807, 2.05) is 48.7 Å². The first-order valence-electron chi connectivity index (χ1n) is 11.1. The Balaban J connectivity index is 1.38. The molecule has 4 rings (SSSR count). The van der Waals surface area contributed by atoms with E-state index in [1.54, 1.807) is 47.4 Å². The van der Waals surface area contributed by atoms with Crippen LogP contribution in [0.5, 0.6) is 5.75 Å². The Kier molecular flexibility index (Phi) is 7.65. The molecule has 0 bridgehead atoms. The molecule has 2 heterocycles. The normalized spacial score (nSPS) is 10.8. The lowest BCUT2D eigenvalue weighted by Gasteiger charge is -2.08. The van der Waals surface area contributed by atoms with Gasteiger partial charge >= 0.3 is 0 Å². The smallest absolute Gasteiger partial charge is 0.244 e. The van der Waals surface area contributed by atoms with E-state index < -0.39 is 0 Å². The Morgan fingerprint density at radius 2 is 1.91 bits per heavy atom. The third-order valence-electron chi connectivity index (χ3n) is 4.94. The van der Waals surface area contributed by atoms with E-state index >= 15 is 0 Å². The van der Waals surface area contributed by atoms with Crippen LogP contribution in [-0.4, -0.2) is 39.7 Å². The fraction of sp³-hybridized carbons (Fsp3) is 0.111. The molecule has 2 aromatic carbocycles. The minimum Gasteiger partial charge on any atom is -0.492 e. The molecule has 2 N–H and O–H groups in total. The van der Waals surface area contributed by atoms with Crippen LogP contribution in [0.25, 0.3) is 23.0 Å². The van der Waals surface area contributed by atoms with E-state index in [-0.39, 0.29) is 18.4 Å². The summed E-state index contributed by atoms with van der Waals surface area (Å²) in [5.41, 5.74) is 3.96. The van der Waals surface area contributed by atoms with Gasteiger partial charge in [0.25, 0.3) is 0 Å². The predicted molar refractivity (Wildman–Crippen MR) is 135 cm³/mol. The van der Waals surface area contributed by atoms with Gasteiger partial charge in [0, 0.05) is 54.5 Å². The number of rotatable bonds is 9. The minimum atomic E-state index is -0.245. The van der Waals surface area contributed by atoms with Crippen molar-refractivity contribution in [2.75, 3.05) is 18.5 Å². The summed E-state index contributed by atoms with van der Waals surface area (Å²) in [6.07, 6.45) is 8.55. The van der Waals surface area contributed by atoms with Gasteiger partial charge in [-0.05, 0) is 42.5 Å². The lowest BCUT2D eigenvalue weighted by atomic mass is 10.1. The van der Waals surface area contributed by atoms with Gasteiger partial charge in [-0.1, -0.05) is 24.3 Å². The summed E-state index contributed by atoms with van der Waals surface area (Å²) < 4.78 is 7.44. The Morgan fingerprint density at radius 1 is 1.06 bits per heavy atom. The summed E-state index contributed by atoms with van der Waals surface area (Å²) in [5.74, 6) is 0.211. The van der Waals surface area contributed by atoms with E-state index in [9.17, 15) is 9.59 Å². The maximum atomic E-state index is 12.4. The second-order valence-corrected chi connectivity index (χ2v) is 7.64. The van der Waals surface area contributed by atoms with Crippen LogP contribution in [0, 0.1) is 0 Å². The number of pyridine rings is 1. The predicted octanol–water partition coefficient (Wildman–Crippen LogP) is 4.10. The third kappa shape index (κ3) is 6.64. The third-order valence-corrected chi connectivity index (χ3v) is 4.94. The fourth-order valence-corrected chi connectivity index (χ4v) is 3.38. The Hall–Kier alpha value is -4.72. The monoisotopic (exact) mass is 467 g/mol. The molecule has 0 radical (unpaired) electrons. The highest BCUT2D eigenvalue weighted by molar-refractivity contribution is 5.92. The van der Waals surface area contributed by atoms with Crippen molar-refractivity contribution in [3.8, 4) is 22.7 Å². The van der Waals surface area contributed by atoms with Gasteiger partial charge in [0.1, 0.15) is 18.1 Å². The molecule has 4 aromatic rings. The van der Waals surface area contributed by atoms with E-state index in [0.717, 1.165) is 22.5 Å². The van der Waals surface area contributed by atoms with Crippen molar-refractivity contribution < 1.29 is 14.3 Å². The van der Waals surface area contributed by atoms with Crippen LogP contribution in [0.4, 0.5) is 5.69 Å². The zero-order valence-electron chi connectivity index (χ0n) is 19.2. The van der Waals surface area contributed by atoms with Crippen molar-refractivity contribution in [2.24, 2.45) is 0 Å². The number of ether oxygens (including phenoxy) is 1. The average molecular weight is 468 g/mol. The summed E-state index contributed by atoms with van der Waals surface area (Å²) in [5, 5.41) is 10.2. The van der Waals surface area contributed by atoms with Gasteiger partial charge in [-0.2, -0.15) is 5.10 Å². The van der Waals surface area contributed by atoms with E-state index in [1.165, 1.54) is 13.0 Å². The molecule has 35 heavy (non-hydrogen) atoms. The summed E-state index contributed by atoms with van der Waals surface area (Å²) in [4.78, 5) is 27.8. The number of benzene rings is 2. The maximum absolute atomic E-state index is 12.4. The second kappa shape index (κ2) is 11.4. The van der Waals surface area contributed by atoms with Gasteiger partial charge in [-0.3, -0.25) is 14.6 Å². The van der Waals surface area contributed by atoms with Crippen molar-refractivity contribution in [2.45, 2.75) is 6.92 Å². The van der Waals surface area contributed by atoms with Crippen LogP contribution in [0.15, 0.2) is 91.4 Å². The van der Waals surface area contributed by atoms with Crippen molar-refractivity contribution in [3.63, 3.8) is 0 Å². The fourth-order valence-electron chi connectivity index (χ4n) is 3.38. The zero-order chi connectivity index (χ0) is 24.5. The van der Waals surface area contributed by atoms with Gasteiger partial charge in [-0.25, -0.2) is 4.68 Å². The van der Waals surface area contributed by atoms with Crippen LogP contribution in [-0.2, 0) is 9.59 Å². The first-order valence-corrected chi connectivity index (χ1v) is 11.1.